The monoisotopic (exact) mass is 484 g/mol. The Morgan fingerprint density at radius 1 is 1.07 bits per heavy atom. The van der Waals surface area contributed by atoms with Gasteiger partial charge in [-0.05, 0) is 86.9 Å². The molecule has 0 aromatic rings. The van der Waals surface area contributed by atoms with Gasteiger partial charge in [0, 0.05) is 18.5 Å². The normalized spacial score (nSPS) is 49.7. The molecule has 1 aliphatic heterocycles. The summed E-state index contributed by atoms with van der Waals surface area (Å²) in [5.74, 6) is 3.02. The van der Waals surface area contributed by atoms with E-state index in [4.69, 9.17) is 0 Å². The minimum absolute atomic E-state index is 0. The molecule has 4 saturated carbocycles. The number of rotatable bonds is 3. The average molecular weight is 486 g/mol. The van der Waals surface area contributed by atoms with Gasteiger partial charge in [-0.25, -0.2) is 5.43 Å². The topological polar surface area (TPSA) is 88.9 Å². The van der Waals surface area contributed by atoms with Gasteiger partial charge in [-0.2, -0.15) is 0 Å². The lowest BCUT2D eigenvalue weighted by atomic mass is 9.43. The first kappa shape index (κ1) is 22.8. The number of guanidine groups is 1. The van der Waals surface area contributed by atoms with Gasteiger partial charge in [-0.1, -0.05) is 13.8 Å². The Morgan fingerprint density at radius 2 is 1.90 bits per heavy atom. The molecule has 8 atom stereocenters. The van der Waals surface area contributed by atoms with Gasteiger partial charge in [0.1, 0.15) is 0 Å². The number of nitrogens with zero attached hydrogens (tertiary/aromatic N) is 1. The van der Waals surface area contributed by atoms with Crippen molar-refractivity contribution in [2.24, 2.45) is 39.5 Å². The molecule has 0 aromatic heterocycles. The summed E-state index contributed by atoms with van der Waals surface area (Å²) in [6.45, 7) is 7.48. The lowest BCUT2D eigenvalue weighted by molar-refractivity contribution is -0.209. The molecule has 6 nitrogen and oxygen atoms in total. The van der Waals surface area contributed by atoms with Gasteiger partial charge in [0.25, 0.3) is 0 Å². The Kier molecular flexibility index (Phi) is 6.23. The third-order valence-corrected chi connectivity index (χ3v) is 10.2. The zero-order chi connectivity index (χ0) is 20.3. The second-order valence-electron chi connectivity index (χ2n) is 11.2. The molecular formula is C23H41BrN4O2. The van der Waals surface area contributed by atoms with Gasteiger partial charge in [0.2, 0.25) is 5.96 Å². The van der Waals surface area contributed by atoms with E-state index in [9.17, 15) is 10.2 Å². The number of hydrazine groups is 1. The van der Waals surface area contributed by atoms with E-state index in [0.717, 1.165) is 70.5 Å². The van der Waals surface area contributed by atoms with Crippen LogP contribution in [0, 0.1) is 34.5 Å². The van der Waals surface area contributed by atoms with Crippen LogP contribution in [0.1, 0.15) is 71.6 Å². The van der Waals surface area contributed by atoms with Crippen molar-refractivity contribution < 1.29 is 10.2 Å². The fourth-order valence-electron chi connectivity index (χ4n) is 8.38. The number of aliphatic hydroxyl groups excluding tert-OH is 1. The van der Waals surface area contributed by atoms with Crippen molar-refractivity contribution in [1.29, 1.82) is 0 Å². The SMILES string of the molecule is Br.C[C@]12CC[C@H](O)C[C@H]1CC[C@@H]1[C@@H]2CC[C@]2(C)[C@@H](CNNC3=NCCN3)CC[C@]12O. The van der Waals surface area contributed by atoms with Gasteiger partial charge in [0.15, 0.2) is 0 Å². The van der Waals surface area contributed by atoms with Crippen molar-refractivity contribution in [2.45, 2.75) is 83.3 Å². The Bertz CT molecular complexity index is 678. The maximum absolute atomic E-state index is 12.2. The van der Waals surface area contributed by atoms with Crippen LogP contribution < -0.4 is 16.2 Å². The predicted octanol–water partition coefficient (Wildman–Crippen LogP) is 2.75. The van der Waals surface area contributed by atoms with Crippen LogP contribution in [-0.2, 0) is 0 Å². The molecule has 1 heterocycles. The van der Waals surface area contributed by atoms with Gasteiger partial charge in [-0.15, -0.1) is 17.0 Å². The summed E-state index contributed by atoms with van der Waals surface area (Å²) < 4.78 is 0. The summed E-state index contributed by atoms with van der Waals surface area (Å²) in [7, 11) is 0. The van der Waals surface area contributed by atoms with Crippen LogP contribution in [-0.4, -0.2) is 47.5 Å². The smallest absolute Gasteiger partial charge is 0.206 e. The van der Waals surface area contributed by atoms with E-state index in [1.807, 2.05) is 0 Å². The third-order valence-electron chi connectivity index (χ3n) is 10.2. The lowest BCUT2D eigenvalue weighted by Gasteiger charge is -2.63. The summed E-state index contributed by atoms with van der Waals surface area (Å²) in [4.78, 5) is 4.38. The summed E-state index contributed by atoms with van der Waals surface area (Å²) in [6.07, 6.45) is 9.70. The molecule has 5 rings (SSSR count). The first-order chi connectivity index (χ1) is 13.9. The van der Waals surface area contributed by atoms with Crippen molar-refractivity contribution in [3.8, 4) is 0 Å². The predicted molar refractivity (Wildman–Crippen MR) is 124 cm³/mol. The molecule has 0 aromatic carbocycles. The zero-order valence-electron chi connectivity index (χ0n) is 18.6. The van der Waals surface area contributed by atoms with Crippen molar-refractivity contribution in [3.63, 3.8) is 0 Å². The second-order valence-corrected chi connectivity index (χ2v) is 11.2. The number of hydrogen-bond donors (Lipinski definition) is 5. The van der Waals surface area contributed by atoms with E-state index in [1.165, 1.54) is 12.8 Å². The van der Waals surface area contributed by atoms with Crippen molar-refractivity contribution in [1.82, 2.24) is 16.2 Å². The van der Waals surface area contributed by atoms with Gasteiger partial charge in [0.05, 0.1) is 18.2 Å². The van der Waals surface area contributed by atoms with E-state index in [-0.39, 0.29) is 28.5 Å². The summed E-state index contributed by atoms with van der Waals surface area (Å²) in [6, 6.07) is 0. The Balaban J connectivity index is 0.00000218. The highest BCUT2D eigenvalue weighted by Gasteiger charge is 2.66. The second kappa shape index (κ2) is 8.20. The quantitative estimate of drug-likeness (QED) is 0.397. The van der Waals surface area contributed by atoms with Gasteiger partial charge in [-0.3, -0.25) is 10.4 Å². The molecule has 0 amide bonds. The van der Waals surface area contributed by atoms with Crippen LogP contribution in [0.25, 0.3) is 0 Å². The fourth-order valence-corrected chi connectivity index (χ4v) is 8.38. The number of hydrogen-bond acceptors (Lipinski definition) is 6. The molecule has 7 heteroatoms. The number of aliphatic hydroxyl groups is 2. The first-order valence-corrected chi connectivity index (χ1v) is 12.0. The Hall–Kier alpha value is -0.370. The van der Waals surface area contributed by atoms with Crippen LogP contribution in [0.3, 0.4) is 0 Å². The van der Waals surface area contributed by atoms with E-state index in [0.29, 0.717) is 29.1 Å². The molecule has 0 spiro atoms. The molecule has 0 bridgehead atoms. The van der Waals surface area contributed by atoms with Crippen LogP contribution >= 0.6 is 17.0 Å². The number of halogens is 1. The van der Waals surface area contributed by atoms with Crippen LogP contribution in [0.5, 0.6) is 0 Å². The molecule has 172 valence electrons. The maximum Gasteiger partial charge on any atom is 0.206 e. The first-order valence-electron chi connectivity index (χ1n) is 12.0. The minimum atomic E-state index is -0.532. The van der Waals surface area contributed by atoms with Crippen molar-refractivity contribution in [2.75, 3.05) is 19.6 Å². The molecular weight excluding hydrogens is 444 g/mol. The highest BCUT2D eigenvalue weighted by molar-refractivity contribution is 8.93. The van der Waals surface area contributed by atoms with Crippen LogP contribution in [0.2, 0.25) is 0 Å². The van der Waals surface area contributed by atoms with Crippen LogP contribution in [0.15, 0.2) is 4.99 Å². The van der Waals surface area contributed by atoms with Crippen molar-refractivity contribution in [3.05, 3.63) is 0 Å². The largest absolute Gasteiger partial charge is 0.393 e. The number of fused-ring (bicyclic) bond motifs is 5. The lowest BCUT2D eigenvalue weighted by Crippen LogP contribution is -2.63. The Labute approximate surface area is 191 Å². The highest BCUT2D eigenvalue weighted by Crippen LogP contribution is 2.68. The number of nitrogens with one attached hydrogen (secondary N) is 3. The molecule has 0 unspecified atom stereocenters. The molecule has 0 saturated heterocycles. The van der Waals surface area contributed by atoms with Crippen LogP contribution in [0.4, 0.5) is 0 Å². The molecule has 30 heavy (non-hydrogen) atoms. The minimum Gasteiger partial charge on any atom is -0.393 e. The van der Waals surface area contributed by atoms with E-state index in [2.05, 4.69) is 35.0 Å². The maximum atomic E-state index is 12.2. The van der Waals surface area contributed by atoms with E-state index >= 15 is 0 Å². The van der Waals surface area contributed by atoms with Crippen molar-refractivity contribution >= 4 is 22.9 Å². The van der Waals surface area contributed by atoms with E-state index in [1.54, 1.807) is 0 Å². The third kappa shape index (κ3) is 3.34. The van der Waals surface area contributed by atoms with Gasteiger partial charge < -0.3 is 15.5 Å². The standard InChI is InChI=1S/C23H40N4O2.BrH/c1-21-8-6-17(28)13-15(21)3-4-19-18(21)7-9-22(2)16(5-10-23(19,22)29)14-26-27-20-24-11-12-25-20;/h15-19,26,28-29H,3-14H2,1-2H3,(H2,24,25,27);1H/t15-,16-,17+,18+,19-,21+,22-,23+;/m1./s1. The average Bonchev–Trinajstić information content (AvgIpc) is 3.30. The molecule has 0 radical (unpaired) electrons. The highest BCUT2D eigenvalue weighted by atomic mass is 79.9. The fraction of sp³-hybridized carbons (Fsp3) is 0.957. The Morgan fingerprint density at radius 3 is 2.67 bits per heavy atom. The van der Waals surface area contributed by atoms with E-state index < -0.39 is 5.60 Å². The summed E-state index contributed by atoms with van der Waals surface area (Å²) in [5, 5.41) is 25.6. The molecule has 5 N–H and O–H groups in total. The zero-order valence-corrected chi connectivity index (χ0v) is 20.3. The summed E-state index contributed by atoms with van der Waals surface area (Å²) >= 11 is 0. The van der Waals surface area contributed by atoms with Gasteiger partial charge >= 0.3 is 0 Å². The molecule has 5 aliphatic rings. The molecule has 4 aliphatic carbocycles. The molecule has 4 fully saturated rings. The summed E-state index contributed by atoms with van der Waals surface area (Å²) in [5.41, 5.74) is 6.38. The number of aliphatic imine (C=N–C) groups is 1.